The molecule has 0 saturated carbocycles. The molecule has 1 heterocycles. The molecule has 2 aliphatic rings. The molecule has 3 rings (SSSR count). The molecule has 0 aromatic heterocycles. The summed E-state index contributed by atoms with van der Waals surface area (Å²) in [6.45, 7) is 5.24. The summed E-state index contributed by atoms with van der Waals surface area (Å²) in [5, 5.41) is 9.94. The molecule has 0 radical (unpaired) electrons. The van der Waals surface area contributed by atoms with Gasteiger partial charge in [0, 0.05) is 32.6 Å². The quantitative estimate of drug-likeness (QED) is 0.655. The molecular formula is C20H21ClN2O3. The molecule has 6 heteroatoms. The second kappa shape index (κ2) is 7.38. The third kappa shape index (κ3) is 3.40. The molecule has 1 aromatic rings. The summed E-state index contributed by atoms with van der Waals surface area (Å²) in [5.41, 5.74) is 1.39. The molecule has 1 saturated heterocycles. The summed E-state index contributed by atoms with van der Waals surface area (Å²) >= 11 is 6.84. The number of carbonyl (C=O) groups is 2. The van der Waals surface area contributed by atoms with Gasteiger partial charge < -0.3 is 14.9 Å². The maximum atomic E-state index is 13.2. The van der Waals surface area contributed by atoms with Gasteiger partial charge >= 0.3 is 0 Å². The van der Waals surface area contributed by atoms with Crippen molar-refractivity contribution in [1.82, 2.24) is 9.80 Å². The number of piperazine rings is 1. The van der Waals surface area contributed by atoms with Crippen molar-refractivity contribution in [3.8, 4) is 0 Å². The summed E-state index contributed by atoms with van der Waals surface area (Å²) in [5.74, 6) is -0.230. The van der Waals surface area contributed by atoms with E-state index in [-0.39, 0.29) is 24.0 Å². The first-order valence-corrected chi connectivity index (χ1v) is 8.90. The van der Waals surface area contributed by atoms with Gasteiger partial charge in [-0.15, -0.1) is 11.6 Å². The molecule has 2 amide bonds. The predicted molar refractivity (Wildman–Crippen MR) is 102 cm³/mol. The number of alkyl halides is 1. The molecule has 0 bridgehead atoms. The number of amides is 2. The summed E-state index contributed by atoms with van der Waals surface area (Å²) in [4.78, 5) is 27.0. The van der Waals surface area contributed by atoms with Crippen molar-refractivity contribution in [2.24, 2.45) is 0 Å². The van der Waals surface area contributed by atoms with Crippen LogP contribution in [0.3, 0.4) is 0 Å². The lowest BCUT2D eigenvalue weighted by Crippen LogP contribution is -2.55. The molecule has 1 fully saturated rings. The van der Waals surface area contributed by atoms with Crippen molar-refractivity contribution >= 4 is 29.0 Å². The van der Waals surface area contributed by atoms with Gasteiger partial charge in [-0.2, -0.15) is 0 Å². The van der Waals surface area contributed by atoms with Gasteiger partial charge in [-0.25, -0.2) is 0 Å². The Morgan fingerprint density at radius 1 is 1.12 bits per heavy atom. The smallest absolute Gasteiger partial charge is 0.248 e. The SMILES string of the molecule is C=CC(=O)N1CCN(C(=O)C2(Cl)CC=C(O)C=C2c2ccccc2)CC1. The molecule has 1 N–H and O–H groups in total. The van der Waals surface area contributed by atoms with E-state index in [4.69, 9.17) is 11.6 Å². The molecule has 1 aliphatic carbocycles. The fourth-order valence-electron chi connectivity index (χ4n) is 3.32. The third-order valence-electron chi connectivity index (χ3n) is 4.79. The molecule has 136 valence electrons. The van der Waals surface area contributed by atoms with Crippen molar-refractivity contribution < 1.29 is 14.7 Å². The maximum Gasteiger partial charge on any atom is 0.248 e. The van der Waals surface area contributed by atoms with E-state index < -0.39 is 4.87 Å². The molecule has 1 aliphatic heterocycles. The number of rotatable bonds is 3. The van der Waals surface area contributed by atoms with Crippen LogP contribution in [0.4, 0.5) is 0 Å². The minimum absolute atomic E-state index is 0.106. The number of carbonyl (C=O) groups excluding carboxylic acids is 2. The molecule has 5 nitrogen and oxygen atoms in total. The van der Waals surface area contributed by atoms with Crippen LogP contribution < -0.4 is 0 Å². The maximum absolute atomic E-state index is 13.2. The Morgan fingerprint density at radius 3 is 2.35 bits per heavy atom. The van der Waals surface area contributed by atoms with Crippen LogP contribution in [0.2, 0.25) is 0 Å². The van der Waals surface area contributed by atoms with Gasteiger partial charge in [-0.3, -0.25) is 9.59 Å². The van der Waals surface area contributed by atoms with Crippen molar-refractivity contribution in [2.45, 2.75) is 11.3 Å². The highest BCUT2D eigenvalue weighted by Gasteiger charge is 2.44. The molecule has 1 unspecified atom stereocenters. The minimum Gasteiger partial charge on any atom is -0.508 e. The lowest BCUT2D eigenvalue weighted by Gasteiger charge is -2.40. The number of aliphatic hydroxyl groups is 1. The van der Waals surface area contributed by atoms with Crippen LogP contribution in [-0.4, -0.2) is 57.8 Å². The van der Waals surface area contributed by atoms with Gasteiger partial charge in [0.15, 0.2) is 4.87 Å². The van der Waals surface area contributed by atoms with E-state index in [0.29, 0.717) is 31.8 Å². The van der Waals surface area contributed by atoms with Crippen LogP contribution in [0.5, 0.6) is 0 Å². The summed E-state index contributed by atoms with van der Waals surface area (Å²) in [6, 6.07) is 9.36. The van der Waals surface area contributed by atoms with Crippen LogP contribution in [0, 0.1) is 0 Å². The zero-order valence-electron chi connectivity index (χ0n) is 14.4. The number of aliphatic hydroxyl groups excluding tert-OH is 1. The van der Waals surface area contributed by atoms with Crippen molar-refractivity contribution in [3.63, 3.8) is 0 Å². The van der Waals surface area contributed by atoms with E-state index in [1.165, 1.54) is 6.08 Å². The van der Waals surface area contributed by atoms with Gasteiger partial charge in [0.1, 0.15) is 5.76 Å². The number of nitrogens with zero attached hydrogens (tertiary/aromatic N) is 2. The zero-order valence-corrected chi connectivity index (χ0v) is 15.2. The first kappa shape index (κ1) is 18.3. The summed E-state index contributed by atoms with van der Waals surface area (Å²) in [6.07, 6.45) is 4.62. The topological polar surface area (TPSA) is 60.9 Å². The van der Waals surface area contributed by atoms with Gasteiger partial charge in [0.2, 0.25) is 11.8 Å². The number of hydrogen-bond acceptors (Lipinski definition) is 3. The Morgan fingerprint density at radius 2 is 1.73 bits per heavy atom. The minimum atomic E-state index is -1.27. The summed E-state index contributed by atoms with van der Waals surface area (Å²) < 4.78 is 0. The van der Waals surface area contributed by atoms with E-state index in [1.54, 1.807) is 22.0 Å². The average Bonchev–Trinajstić information content (AvgIpc) is 2.69. The van der Waals surface area contributed by atoms with Crippen LogP contribution in [0.15, 0.2) is 60.9 Å². The molecule has 1 aromatic carbocycles. The third-order valence-corrected chi connectivity index (χ3v) is 5.31. The van der Waals surface area contributed by atoms with Gasteiger partial charge in [0.25, 0.3) is 0 Å². The van der Waals surface area contributed by atoms with Crippen molar-refractivity contribution in [3.05, 3.63) is 66.5 Å². The Labute approximate surface area is 157 Å². The standard InChI is InChI=1S/C20H21ClN2O3/c1-2-18(25)22-10-12-23(13-11-22)19(26)20(21)9-8-16(24)14-17(20)15-6-4-3-5-7-15/h2-8,14,24H,1,9-13H2. The Kier molecular flexibility index (Phi) is 5.18. The number of benzene rings is 1. The summed E-state index contributed by atoms with van der Waals surface area (Å²) in [7, 11) is 0. The fraction of sp³-hybridized carbons (Fsp3) is 0.300. The highest BCUT2D eigenvalue weighted by molar-refractivity contribution is 6.42. The van der Waals surface area contributed by atoms with Crippen LogP contribution in [-0.2, 0) is 9.59 Å². The van der Waals surface area contributed by atoms with E-state index in [2.05, 4.69) is 6.58 Å². The van der Waals surface area contributed by atoms with Gasteiger partial charge in [-0.1, -0.05) is 36.9 Å². The lowest BCUT2D eigenvalue weighted by molar-refractivity contribution is -0.138. The normalized spacial score (nSPS) is 23.1. The Bertz CT molecular complexity index is 780. The Balaban J connectivity index is 1.83. The van der Waals surface area contributed by atoms with Gasteiger partial charge in [0.05, 0.1) is 0 Å². The van der Waals surface area contributed by atoms with E-state index in [1.807, 2.05) is 30.3 Å². The molecule has 0 spiro atoms. The van der Waals surface area contributed by atoms with Crippen LogP contribution in [0.1, 0.15) is 12.0 Å². The van der Waals surface area contributed by atoms with E-state index in [9.17, 15) is 14.7 Å². The second-order valence-corrected chi connectivity index (χ2v) is 7.03. The van der Waals surface area contributed by atoms with Gasteiger partial charge in [-0.05, 0) is 29.4 Å². The number of halogens is 1. The second-order valence-electron chi connectivity index (χ2n) is 6.38. The van der Waals surface area contributed by atoms with Crippen molar-refractivity contribution in [1.29, 1.82) is 0 Å². The highest BCUT2D eigenvalue weighted by atomic mass is 35.5. The highest BCUT2D eigenvalue weighted by Crippen LogP contribution is 2.41. The van der Waals surface area contributed by atoms with Crippen LogP contribution in [0.25, 0.3) is 5.57 Å². The first-order chi connectivity index (χ1) is 12.5. The number of allylic oxidation sites excluding steroid dienone is 2. The predicted octanol–water partition coefficient (Wildman–Crippen LogP) is 2.75. The number of hydrogen-bond donors (Lipinski definition) is 1. The molecule has 26 heavy (non-hydrogen) atoms. The lowest BCUT2D eigenvalue weighted by atomic mass is 9.84. The zero-order chi connectivity index (χ0) is 18.7. The largest absolute Gasteiger partial charge is 0.508 e. The Hall–Kier alpha value is -2.53. The average molecular weight is 373 g/mol. The van der Waals surface area contributed by atoms with E-state index in [0.717, 1.165) is 5.56 Å². The molecular weight excluding hydrogens is 352 g/mol. The fourth-order valence-corrected chi connectivity index (χ4v) is 3.68. The van der Waals surface area contributed by atoms with Crippen LogP contribution >= 0.6 is 11.6 Å². The monoisotopic (exact) mass is 372 g/mol. The molecule has 1 atom stereocenters. The van der Waals surface area contributed by atoms with E-state index >= 15 is 0 Å². The first-order valence-electron chi connectivity index (χ1n) is 8.52. The van der Waals surface area contributed by atoms with Crippen molar-refractivity contribution in [2.75, 3.05) is 26.2 Å².